The van der Waals surface area contributed by atoms with Crippen LogP contribution in [0.2, 0.25) is 0 Å². The van der Waals surface area contributed by atoms with Crippen LogP contribution < -0.4 is 22.8 Å². The third-order valence-corrected chi connectivity index (χ3v) is 16.6. The molecule has 4 aromatic heterocycles. The maximum absolute atomic E-state index is 12.2. The lowest BCUT2D eigenvalue weighted by Crippen LogP contribution is -2.36. The molecule has 12 N–H and O–H groups in total. The van der Waals surface area contributed by atoms with Gasteiger partial charge < -0.3 is 105 Å². The maximum atomic E-state index is 12.2. The fraction of sp³-hybridized carbons (Fsp3) is 0.661. The van der Waals surface area contributed by atoms with Crippen molar-refractivity contribution in [3.8, 4) is 0 Å². The molecule has 7 fully saturated rings. The Bertz CT molecular complexity index is 3350. The number of aliphatic imine (C=N–C) groups is 4. The molecule has 530 valence electrons. The molecule has 0 amide bonds. The summed E-state index contributed by atoms with van der Waals surface area (Å²) in [6, 6.07) is 6.60. The van der Waals surface area contributed by atoms with E-state index < -0.39 is 147 Å². The summed E-state index contributed by atoms with van der Waals surface area (Å²) in [6.45, 7) is 12.8. The number of hydrogen-bond acceptors (Lipinski definition) is 29. The minimum Gasteiger partial charge on any atom is -0.394 e. The molecule has 4 aromatic rings. The molecule has 0 saturated carbocycles. The minimum absolute atomic E-state index is 0.231. The van der Waals surface area contributed by atoms with Crippen LogP contribution in [0.15, 0.2) is 88.2 Å². The Morgan fingerprint density at radius 2 is 0.677 bits per heavy atom. The predicted octanol–water partition coefficient (Wildman–Crippen LogP) is -4.91. The molecule has 16 atom stereocenters. The number of morpholine rings is 1. The molecular formula is C59H88N16O21. The van der Waals surface area contributed by atoms with E-state index >= 15 is 0 Å². The van der Waals surface area contributed by atoms with Gasteiger partial charge >= 0.3 is 22.8 Å². The van der Waals surface area contributed by atoms with Crippen molar-refractivity contribution in [2.75, 3.05) is 78.9 Å². The molecule has 7 aliphatic rings. The average Bonchev–Trinajstić information content (AvgIpc) is 1.57. The largest absolute Gasteiger partial charge is 0.394 e. The highest BCUT2D eigenvalue weighted by molar-refractivity contribution is 5.61. The Labute approximate surface area is 549 Å². The van der Waals surface area contributed by atoms with E-state index in [4.69, 9.17) is 44.1 Å². The molecule has 0 radical (unpaired) electrons. The van der Waals surface area contributed by atoms with Crippen LogP contribution in [0.3, 0.4) is 0 Å². The average molecular weight is 1360 g/mol. The summed E-state index contributed by atoms with van der Waals surface area (Å²) in [5.41, 5.74) is -2.61. The summed E-state index contributed by atoms with van der Waals surface area (Å²) in [4.78, 5) is 88.9. The van der Waals surface area contributed by atoms with Crippen molar-refractivity contribution in [2.24, 2.45) is 20.0 Å². The first kappa shape index (κ1) is 74.5. The molecule has 0 spiro atoms. The fourth-order valence-corrected chi connectivity index (χ4v) is 11.1. The predicted molar refractivity (Wildman–Crippen MR) is 339 cm³/mol. The second kappa shape index (κ2) is 35.3. The van der Waals surface area contributed by atoms with Crippen LogP contribution in [0, 0.1) is 0 Å². The Balaban J connectivity index is 0.000000164. The second-order valence-corrected chi connectivity index (χ2v) is 23.9. The van der Waals surface area contributed by atoms with Crippen LogP contribution in [0.5, 0.6) is 0 Å². The van der Waals surface area contributed by atoms with Gasteiger partial charge in [0.05, 0.1) is 65.0 Å². The first-order valence-corrected chi connectivity index (χ1v) is 31.7. The number of nitrogens with zero attached hydrogens (tertiary/aromatic N) is 16. The smallest absolute Gasteiger partial charge is 0.351 e. The monoisotopic (exact) mass is 1360 g/mol. The quantitative estimate of drug-likeness (QED) is 0.0328. The second-order valence-electron chi connectivity index (χ2n) is 23.9. The first-order valence-electron chi connectivity index (χ1n) is 31.7. The SMILES string of the molecule is CC(C)N(C=Nc1ccn([C@@H]2O[C@H](CO)[C@H](O)C2O)c(=O)n1)C(C)C.O=c1nc(N=CN2CCCC2)ccn1[C@@H]1O[C@H](CO)[C@H](O)C1O.O=c1nc(N=CN2CCCCC2)ccn1[C@@H]1O[C@H](CO)[C@H](O)C1O.O=c1nc(N=CN2CCOCC2)ccn1[C@@H]1O[C@H](CO)[C@H](O)C1O. The lowest BCUT2D eigenvalue weighted by atomic mass is 10.1. The van der Waals surface area contributed by atoms with Gasteiger partial charge in [-0.05, 0) is 84.1 Å². The standard InChI is InChI=1S/C16H26N4O5.C15H22N4O5.C14H20N4O6.C14H20N4O5/c1-9(2)20(10(3)4)8-17-12-5-6-19(16(24)18-12)15-14(23)13(22)11(7-21)25-15;20-8-10-12(21)13(22)14(24-10)19-7-4-11(17-15(19)23)16-9-18-5-2-1-3-6-18;19-7-9-11(20)12(21)13(24-9)18-2-1-10(16-14(18)22)15-8-17-3-5-23-6-4-17;19-7-9-11(20)12(21)13(23-9)18-6-3-10(16-14(18)22)15-8-17-4-1-2-5-17/h5-6,8-11,13-15,21-23H,7H2,1-4H3;4,7,9-10,12-14,20-22H,1-3,5-6,8H2;1-2,8-9,11-13,19-21H,3-7H2;3,6,8-9,11-13,19-21H,1-2,4-5,7H2/t11-,13+,14?,15-;10-,12+,13?,14-;2*9-,11+,12?,13-/m1111/s1. The summed E-state index contributed by atoms with van der Waals surface area (Å²) >= 11 is 0. The van der Waals surface area contributed by atoms with E-state index in [9.17, 15) is 60.0 Å². The third kappa shape index (κ3) is 18.9. The Hall–Kier alpha value is -7.28. The molecule has 37 nitrogen and oxygen atoms in total. The molecule has 0 aliphatic carbocycles. The van der Waals surface area contributed by atoms with E-state index in [1.54, 1.807) is 25.4 Å². The van der Waals surface area contributed by atoms with Crippen LogP contribution in [0.25, 0.3) is 0 Å². The van der Waals surface area contributed by atoms with E-state index in [1.165, 1.54) is 55.5 Å². The molecule has 0 aromatic carbocycles. The van der Waals surface area contributed by atoms with Crippen LogP contribution in [0.4, 0.5) is 23.3 Å². The van der Waals surface area contributed by atoms with Crippen LogP contribution in [-0.4, -0.2) is 309 Å². The van der Waals surface area contributed by atoms with Gasteiger partial charge in [-0.25, -0.2) is 39.1 Å². The highest BCUT2D eigenvalue weighted by Crippen LogP contribution is 2.32. The molecule has 4 unspecified atom stereocenters. The Kier molecular flexibility index (Phi) is 27.4. The number of rotatable bonds is 18. The lowest BCUT2D eigenvalue weighted by Gasteiger charge is -2.28. The van der Waals surface area contributed by atoms with Gasteiger partial charge in [0, 0.05) is 76.1 Å². The lowest BCUT2D eigenvalue weighted by molar-refractivity contribution is -0.0549. The number of piperidine rings is 1. The maximum Gasteiger partial charge on any atom is 0.351 e. The van der Waals surface area contributed by atoms with Crippen LogP contribution in [0.1, 0.15) is 84.7 Å². The van der Waals surface area contributed by atoms with E-state index in [-0.39, 0.29) is 35.4 Å². The first-order chi connectivity index (χ1) is 46.0. The molecule has 96 heavy (non-hydrogen) atoms. The molecule has 11 rings (SSSR count). The van der Waals surface area contributed by atoms with Crippen LogP contribution in [-0.2, 0) is 23.7 Å². The third-order valence-electron chi connectivity index (χ3n) is 16.6. The van der Waals surface area contributed by atoms with Gasteiger partial charge in [-0.1, -0.05) is 0 Å². The Morgan fingerprint density at radius 1 is 0.417 bits per heavy atom. The van der Waals surface area contributed by atoms with Gasteiger partial charge in [0.25, 0.3) is 0 Å². The highest BCUT2D eigenvalue weighted by atomic mass is 16.6. The minimum atomic E-state index is -1.33. The van der Waals surface area contributed by atoms with Gasteiger partial charge in [-0.3, -0.25) is 18.3 Å². The van der Waals surface area contributed by atoms with Gasteiger partial charge in [0.1, 0.15) is 73.2 Å². The zero-order valence-electron chi connectivity index (χ0n) is 53.5. The van der Waals surface area contributed by atoms with E-state index in [2.05, 4.69) is 49.7 Å². The molecule has 7 saturated heterocycles. The molecule has 37 heteroatoms. The molecule has 7 aliphatic heterocycles. The van der Waals surface area contributed by atoms with Gasteiger partial charge in [0.2, 0.25) is 0 Å². The number of hydrogen-bond donors (Lipinski definition) is 12. The van der Waals surface area contributed by atoms with Crippen molar-refractivity contribution in [1.82, 2.24) is 57.8 Å². The van der Waals surface area contributed by atoms with Gasteiger partial charge in [-0.15, -0.1) is 0 Å². The van der Waals surface area contributed by atoms with Crippen molar-refractivity contribution in [2.45, 2.75) is 170 Å². The number of aliphatic hydroxyl groups is 12. The molecule has 0 bridgehead atoms. The van der Waals surface area contributed by atoms with E-state index in [0.29, 0.717) is 13.2 Å². The topological polar surface area (TPSA) is 491 Å². The Morgan fingerprint density at radius 3 is 0.927 bits per heavy atom. The van der Waals surface area contributed by atoms with Crippen molar-refractivity contribution in [3.63, 3.8) is 0 Å². The number of likely N-dealkylation sites (tertiary alicyclic amines) is 2. The van der Waals surface area contributed by atoms with Crippen molar-refractivity contribution >= 4 is 48.6 Å². The summed E-state index contributed by atoms with van der Waals surface area (Å²) in [7, 11) is 0. The number of aromatic nitrogens is 8. The summed E-state index contributed by atoms with van der Waals surface area (Å²) in [5.74, 6) is 1.01. The van der Waals surface area contributed by atoms with Crippen LogP contribution >= 0.6 is 0 Å². The summed E-state index contributed by atoms with van der Waals surface area (Å²) in [5, 5.41) is 115. The van der Waals surface area contributed by atoms with Gasteiger partial charge in [0.15, 0.2) is 48.2 Å². The van der Waals surface area contributed by atoms with Crippen molar-refractivity contribution in [3.05, 3.63) is 91.0 Å². The normalized spacial score (nSPS) is 30.0. The number of aliphatic hydroxyl groups excluding tert-OH is 12. The zero-order chi connectivity index (χ0) is 69.3. The summed E-state index contributed by atoms with van der Waals surface area (Å²) < 4.78 is 30.8. The summed E-state index contributed by atoms with van der Waals surface area (Å²) in [6.07, 6.45) is -0.511. The fourth-order valence-electron chi connectivity index (χ4n) is 11.1. The van der Waals surface area contributed by atoms with E-state index in [0.717, 1.165) is 83.2 Å². The zero-order valence-corrected chi connectivity index (χ0v) is 53.5. The van der Waals surface area contributed by atoms with Crippen molar-refractivity contribution < 1.29 is 85.0 Å². The molecular weight excluding hydrogens is 1270 g/mol. The molecule has 11 heterocycles. The number of ether oxygens (including phenoxy) is 5. The van der Waals surface area contributed by atoms with E-state index in [1.807, 2.05) is 37.5 Å². The van der Waals surface area contributed by atoms with Gasteiger partial charge in [-0.2, -0.15) is 19.9 Å². The van der Waals surface area contributed by atoms with Crippen molar-refractivity contribution in [1.29, 1.82) is 0 Å². The highest BCUT2D eigenvalue weighted by Gasteiger charge is 2.47.